The van der Waals surface area contributed by atoms with Gasteiger partial charge in [-0.25, -0.2) is 4.89 Å². The Hall–Kier alpha value is -0.300. The molecule has 15 heavy (non-hydrogen) atoms. The Labute approximate surface area is 94.5 Å². The molecule has 0 radical (unpaired) electrons. The van der Waals surface area contributed by atoms with E-state index in [2.05, 4.69) is 22.3 Å². The van der Waals surface area contributed by atoms with Crippen molar-refractivity contribution >= 4 is 18.9 Å². The van der Waals surface area contributed by atoms with Crippen molar-refractivity contribution in [3.63, 3.8) is 0 Å². The molecule has 0 unspecified atom stereocenters. The maximum absolute atomic E-state index is 10.9. The first kappa shape index (κ1) is 12.8. The van der Waals surface area contributed by atoms with E-state index in [1.54, 1.807) is 6.92 Å². The summed E-state index contributed by atoms with van der Waals surface area (Å²) in [6.07, 6.45) is 3.34. The Morgan fingerprint density at radius 3 is 2.73 bits per heavy atom. The van der Waals surface area contributed by atoms with Gasteiger partial charge in [-0.3, -0.25) is 4.79 Å². The molecular formula is C9H16O5S. The predicted octanol–water partition coefficient (Wildman–Crippen LogP) is 1.83. The fraction of sp³-hybridized carbons (Fsp3) is 0.889. The summed E-state index contributed by atoms with van der Waals surface area (Å²) in [5.74, 6) is -0.165. The molecule has 0 heterocycles. The minimum absolute atomic E-state index is 0.0975. The van der Waals surface area contributed by atoms with Crippen LogP contribution in [0.5, 0.6) is 0 Å². The molecule has 0 bridgehead atoms. The van der Waals surface area contributed by atoms with Crippen LogP contribution >= 0.6 is 12.9 Å². The van der Waals surface area contributed by atoms with Crippen molar-refractivity contribution in [1.29, 1.82) is 0 Å². The van der Waals surface area contributed by atoms with Crippen molar-refractivity contribution in [2.75, 3.05) is 13.2 Å². The molecule has 0 N–H and O–H groups in total. The molecular weight excluding hydrogens is 220 g/mol. The molecule has 5 nitrogen and oxygen atoms in total. The molecule has 0 aliphatic heterocycles. The van der Waals surface area contributed by atoms with E-state index in [1.807, 2.05) is 0 Å². The Bertz CT molecular complexity index is 205. The third kappa shape index (κ3) is 4.83. The van der Waals surface area contributed by atoms with Crippen LogP contribution in [0, 0.1) is 5.41 Å². The summed E-state index contributed by atoms with van der Waals surface area (Å²) in [7, 11) is 0. The van der Waals surface area contributed by atoms with Gasteiger partial charge >= 0.3 is 5.97 Å². The second-order valence-corrected chi connectivity index (χ2v) is 3.88. The fourth-order valence-electron chi connectivity index (χ4n) is 1.30. The zero-order chi connectivity index (χ0) is 11.1. The number of hydrogen-bond donors (Lipinski definition) is 1. The van der Waals surface area contributed by atoms with E-state index in [9.17, 15) is 4.79 Å². The summed E-state index contributed by atoms with van der Waals surface area (Å²) >= 11 is 3.36. The standard InChI is InChI=1S/C9H16O5S/c1-2-8(10)11-6-5-9(3-4-9)7-12-13-14-15/h15H,2-7H2,1H3. The highest BCUT2D eigenvalue weighted by atomic mass is 32.1. The first-order chi connectivity index (χ1) is 7.22. The number of thiol groups is 1. The smallest absolute Gasteiger partial charge is 0.305 e. The fourth-order valence-corrected chi connectivity index (χ4v) is 1.34. The molecule has 1 saturated carbocycles. The van der Waals surface area contributed by atoms with E-state index >= 15 is 0 Å². The van der Waals surface area contributed by atoms with Crippen LogP contribution in [0.1, 0.15) is 32.6 Å². The molecule has 1 aliphatic rings. The van der Waals surface area contributed by atoms with E-state index in [4.69, 9.17) is 9.62 Å². The summed E-state index contributed by atoms with van der Waals surface area (Å²) in [5, 5.41) is 4.21. The highest BCUT2D eigenvalue weighted by molar-refractivity contribution is 7.74. The average molecular weight is 236 g/mol. The number of carbonyl (C=O) groups excluding carboxylic acids is 1. The summed E-state index contributed by atoms with van der Waals surface area (Å²) in [5.41, 5.74) is 0.0975. The van der Waals surface area contributed by atoms with E-state index in [0.29, 0.717) is 19.6 Å². The van der Waals surface area contributed by atoms with Crippen molar-refractivity contribution < 1.29 is 23.8 Å². The van der Waals surface area contributed by atoms with Gasteiger partial charge in [0.2, 0.25) is 0 Å². The van der Waals surface area contributed by atoms with Crippen molar-refractivity contribution in [1.82, 2.24) is 0 Å². The summed E-state index contributed by atoms with van der Waals surface area (Å²) in [4.78, 5) is 15.6. The van der Waals surface area contributed by atoms with Gasteiger partial charge in [0.05, 0.1) is 13.2 Å². The minimum atomic E-state index is -0.165. The van der Waals surface area contributed by atoms with Gasteiger partial charge in [0.15, 0.2) is 0 Å². The molecule has 1 aliphatic carbocycles. The highest BCUT2D eigenvalue weighted by Crippen LogP contribution is 2.48. The molecule has 0 aromatic heterocycles. The van der Waals surface area contributed by atoms with E-state index in [1.165, 1.54) is 0 Å². The van der Waals surface area contributed by atoms with Crippen LogP contribution in [0.4, 0.5) is 0 Å². The predicted molar refractivity (Wildman–Crippen MR) is 54.6 cm³/mol. The molecule has 0 aromatic carbocycles. The van der Waals surface area contributed by atoms with Gasteiger partial charge in [-0.15, -0.1) is 4.33 Å². The van der Waals surface area contributed by atoms with Crippen molar-refractivity contribution in [2.45, 2.75) is 32.6 Å². The molecule has 1 fully saturated rings. The lowest BCUT2D eigenvalue weighted by Crippen LogP contribution is -2.15. The second-order valence-electron chi connectivity index (χ2n) is 3.73. The number of esters is 1. The number of ether oxygens (including phenoxy) is 1. The van der Waals surface area contributed by atoms with E-state index < -0.39 is 0 Å². The Balaban J connectivity index is 2.06. The lowest BCUT2D eigenvalue weighted by molar-refractivity contribution is -0.463. The molecule has 6 heteroatoms. The topological polar surface area (TPSA) is 54.0 Å². The molecule has 0 aromatic rings. The highest BCUT2D eigenvalue weighted by Gasteiger charge is 2.43. The van der Waals surface area contributed by atoms with E-state index in [-0.39, 0.29) is 11.4 Å². The summed E-state index contributed by atoms with van der Waals surface area (Å²) < 4.78 is 9.00. The zero-order valence-electron chi connectivity index (χ0n) is 8.73. The first-order valence-electron chi connectivity index (χ1n) is 4.98. The third-order valence-corrected chi connectivity index (χ3v) is 2.65. The first-order valence-corrected chi connectivity index (χ1v) is 5.34. The van der Waals surface area contributed by atoms with Crippen molar-refractivity contribution in [3.05, 3.63) is 0 Å². The van der Waals surface area contributed by atoms with Crippen LogP contribution in [0.2, 0.25) is 0 Å². The largest absolute Gasteiger partial charge is 0.466 e. The molecule has 0 saturated heterocycles. The number of hydrogen-bond acceptors (Lipinski definition) is 6. The molecule has 88 valence electrons. The van der Waals surface area contributed by atoms with Crippen LogP contribution in [0.3, 0.4) is 0 Å². The van der Waals surface area contributed by atoms with E-state index in [0.717, 1.165) is 19.3 Å². The summed E-state index contributed by atoms with van der Waals surface area (Å²) in [6.45, 7) is 2.66. The van der Waals surface area contributed by atoms with Crippen LogP contribution < -0.4 is 0 Å². The van der Waals surface area contributed by atoms with Gasteiger partial charge in [-0.1, -0.05) is 12.0 Å². The quantitative estimate of drug-likeness (QED) is 0.174. The SMILES string of the molecule is CCC(=O)OCCC1(COOOS)CC1. The van der Waals surface area contributed by atoms with Crippen LogP contribution in [0.15, 0.2) is 0 Å². The molecule has 0 amide bonds. The Morgan fingerprint density at radius 1 is 1.47 bits per heavy atom. The monoisotopic (exact) mass is 236 g/mol. The third-order valence-electron chi connectivity index (χ3n) is 2.58. The van der Waals surface area contributed by atoms with Crippen LogP contribution in [-0.2, 0) is 23.8 Å². The lowest BCUT2D eigenvalue weighted by atomic mass is 10.1. The van der Waals surface area contributed by atoms with Gasteiger partial charge in [0.1, 0.15) is 0 Å². The van der Waals surface area contributed by atoms with Gasteiger partial charge < -0.3 is 4.74 Å². The maximum atomic E-state index is 10.9. The van der Waals surface area contributed by atoms with Gasteiger partial charge in [0.25, 0.3) is 0 Å². The zero-order valence-corrected chi connectivity index (χ0v) is 9.63. The lowest BCUT2D eigenvalue weighted by Gasteiger charge is -2.13. The second kappa shape index (κ2) is 6.32. The van der Waals surface area contributed by atoms with Gasteiger partial charge in [-0.05, 0) is 19.3 Å². The Kier molecular flexibility index (Phi) is 5.38. The molecule has 0 atom stereocenters. The average Bonchev–Trinajstić information content (AvgIpc) is 2.99. The maximum Gasteiger partial charge on any atom is 0.305 e. The molecule has 0 spiro atoms. The van der Waals surface area contributed by atoms with Gasteiger partial charge in [-0.2, -0.15) is 0 Å². The normalized spacial score (nSPS) is 17.5. The molecule has 1 rings (SSSR count). The minimum Gasteiger partial charge on any atom is -0.466 e. The number of carbonyl (C=O) groups is 1. The number of rotatable bonds is 8. The van der Waals surface area contributed by atoms with Crippen molar-refractivity contribution in [2.24, 2.45) is 5.41 Å². The van der Waals surface area contributed by atoms with Crippen LogP contribution in [-0.4, -0.2) is 19.2 Å². The van der Waals surface area contributed by atoms with Crippen molar-refractivity contribution in [3.8, 4) is 0 Å². The summed E-state index contributed by atoms with van der Waals surface area (Å²) in [6, 6.07) is 0. The Morgan fingerprint density at radius 2 is 2.20 bits per heavy atom. The van der Waals surface area contributed by atoms with Crippen LogP contribution in [0.25, 0.3) is 0 Å². The van der Waals surface area contributed by atoms with Gasteiger partial charge in [0, 0.05) is 24.7 Å².